The van der Waals surface area contributed by atoms with Gasteiger partial charge in [0.15, 0.2) is 0 Å². The monoisotopic (exact) mass is 310 g/mol. The van der Waals surface area contributed by atoms with Gasteiger partial charge in [0, 0.05) is 19.8 Å². The van der Waals surface area contributed by atoms with Crippen LogP contribution in [0.5, 0.6) is 0 Å². The van der Waals surface area contributed by atoms with E-state index in [4.69, 9.17) is 4.42 Å². The molecule has 8 heteroatoms. The number of rotatable bonds is 5. The molecule has 2 aromatic rings. The number of aryl methyl sites for hydroxylation is 1. The molecular weight excluding hydrogens is 292 g/mol. The maximum Gasteiger partial charge on any atom is 0.280 e. The van der Waals surface area contributed by atoms with Crippen LogP contribution in [0.15, 0.2) is 35.1 Å². The van der Waals surface area contributed by atoms with E-state index in [-0.39, 0.29) is 12.6 Å². The Labute approximate surface area is 123 Å². The highest BCUT2D eigenvalue weighted by Crippen LogP contribution is 2.33. The molecule has 0 amide bonds. The summed E-state index contributed by atoms with van der Waals surface area (Å²) < 4.78 is 36.1. The Kier molecular flexibility index (Phi) is 3.83. The van der Waals surface area contributed by atoms with Gasteiger partial charge < -0.3 is 4.42 Å². The van der Waals surface area contributed by atoms with Crippen LogP contribution >= 0.6 is 0 Å². The van der Waals surface area contributed by atoms with Gasteiger partial charge in [-0.25, -0.2) is 0 Å². The summed E-state index contributed by atoms with van der Waals surface area (Å²) in [4.78, 5) is 0. The average molecular weight is 310 g/mol. The van der Waals surface area contributed by atoms with Gasteiger partial charge in [0.2, 0.25) is 0 Å². The van der Waals surface area contributed by atoms with E-state index in [0.29, 0.717) is 12.3 Å². The Hall–Kier alpha value is -1.64. The summed E-state index contributed by atoms with van der Waals surface area (Å²) in [5, 5.41) is 4.02. The molecule has 1 N–H and O–H groups in total. The molecule has 2 aromatic heterocycles. The van der Waals surface area contributed by atoms with Crippen molar-refractivity contribution in [1.82, 2.24) is 18.8 Å². The quantitative estimate of drug-likeness (QED) is 0.899. The summed E-state index contributed by atoms with van der Waals surface area (Å²) in [6, 6.07) is 5.17. The van der Waals surface area contributed by atoms with Crippen LogP contribution in [-0.4, -0.2) is 29.0 Å². The van der Waals surface area contributed by atoms with Gasteiger partial charge in [-0.2, -0.15) is 22.5 Å². The molecule has 0 spiro atoms. The van der Waals surface area contributed by atoms with Gasteiger partial charge in [0.05, 0.1) is 24.5 Å². The number of furan rings is 1. The zero-order chi connectivity index (χ0) is 14.9. The van der Waals surface area contributed by atoms with Crippen molar-refractivity contribution in [2.75, 3.05) is 6.54 Å². The van der Waals surface area contributed by atoms with E-state index in [2.05, 4.69) is 9.82 Å². The van der Waals surface area contributed by atoms with Crippen molar-refractivity contribution < 1.29 is 12.8 Å². The molecule has 3 heterocycles. The molecule has 1 aliphatic rings. The molecule has 21 heavy (non-hydrogen) atoms. The first-order chi connectivity index (χ1) is 10.1. The Morgan fingerprint density at radius 3 is 3.00 bits per heavy atom. The zero-order valence-electron chi connectivity index (χ0n) is 11.8. The Morgan fingerprint density at radius 2 is 2.33 bits per heavy atom. The Balaban J connectivity index is 1.73. The minimum Gasteiger partial charge on any atom is -0.468 e. The fourth-order valence-electron chi connectivity index (χ4n) is 2.62. The lowest BCUT2D eigenvalue weighted by atomic mass is 10.2. The van der Waals surface area contributed by atoms with Crippen molar-refractivity contribution in [2.45, 2.75) is 25.4 Å². The van der Waals surface area contributed by atoms with Crippen LogP contribution in [0.1, 0.15) is 30.3 Å². The highest BCUT2D eigenvalue weighted by molar-refractivity contribution is 7.87. The van der Waals surface area contributed by atoms with Crippen LogP contribution in [0.2, 0.25) is 0 Å². The maximum absolute atomic E-state index is 12.5. The van der Waals surface area contributed by atoms with Crippen molar-refractivity contribution in [3.8, 4) is 0 Å². The minimum absolute atomic E-state index is 0.218. The van der Waals surface area contributed by atoms with E-state index in [0.717, 1.165) is 18.5 Å². The molecule has 1 aliphatic heterocycles. The minimum atomic E-state index is -3.55. The van der Waals surface area contributed by atoms with Crippen molar-refractivity contribution in [3.63, 3.8) is 0 Å². The molecule has 114 valence electrons. The normalized spacial score (nSPS) is 20.1. The topological polar surface area (TPSA) is 80.4 Å². The molecular formula is C13H18N4O3S. The van der Waals surface area contributed by atoms with E-state index in [1.54, 1.807) is 36.3 Å². The zero-order valence-corrected chi connectivity index (χ0v) is 12.6. The first-order valence-corrected chi connectivity index (χ1v) is 8.28. The predicted molar refractivity (Wildman–Crippen MR) is 76.4 cm³/mol. The molecule has 0 radical (unpaired) electrons. The Morgan fingerprint density at radius 1 is 1.48 bits per heavy atom. The van der Waals surface area contributed by atoms with Crippen molar-refractivity contribution in [1.29, 1.82) is 0 Å². The van der Waals surface area contributed by atoms with E-state index in [1.165, 1.54) is 4.31 Å². The van der Waals surface area contributed by atoms with Crippen molar-refractivity contribution in [2.24, 2.45) is 7.05 Å². The summed E-state index contributed by atoms with van der Waals surface area (Å²) >= 11 is 0. The van der Waals surface area contributed by atoms with Gasteiger partial charge in [0.1, 0.15) is 5.76 Å². The first-order valence-electron chi connectivity index (χ1n) is 6.84. The van der Waals surface area contributed by atoms with Gasteiger partial charge in [0.25, 0.3) is 10.2 Å². The molecule has 0 aliphatic carbocycles. The molecule has 0 saturated carbocycles. The lowest BCUT2D eigenvalue weighted by Crippen LogP contribution is -2.40. The van der Waals surface area contributed by atoms with Crippen molar-refractivity contribution in [3.05, 3.63) is 42.1 Å². The first kappa shape index (κ1) is 14.3. The van der Waals surface area contributed by atoms with E-state index >= 15 is 0 Å². The fourth-order valence-corrected chi connectivity index (χ4v) is 4.03. The van der Waals surface area contributed by atoms with Crippen LogP contribution in [-0.2, 0) is 23.8 Å². The second-order valence-electron chi connectivity index (χ2n) is 5.06. The molecule has 3 rings (SSSR count). The molecule has 1 atom stereocenters. The molecule has 0 aromatic carbocycles. The van der Waals surface area contributed by atoms with Gasteiger partial charge in [-0.3, -0.25) is 4.68 Å². The van der Waals surface area contributed by atoms with Gasteiger partial charge in [-0.1, -0.05) is 0 Å². The van der Waals surface area contributed by atoms with Crippen LogP contribution in [0.25, 0.3) is 0 Å². The average Bonchev–Trinajstić information content (AvgIpc) is 3.18. The highest BCUT2D eigenvalue weighted by atomic mass is 32.2. The van der Waals surface area contributed by atoms with E-state index in [9.17, 15) is 8.42 Å². The van der Waals surface area contributed by atoms with E-state index in [1.807, 2.05) is 6.07 Å². The largest absolute Gasteiger partial charge is 0.468 e. The third-order valence-corrected chi connectivity index (χ3v) is 5.31. The lowest BCUT2D eigenvalue weighted by molar-refractivity contribution is 0.335. The molecule has 0 bridgehead atoms. The van der Waals surface area contributed by atoms with Crippen LogP contribution in [0.4, 0.5) is 0 Å². The van der Waals surface area contributed by atoms with Gasteiger partial charge >= 0.3 is 0 Å². The summed E-state index contributed by atoms with van der Waals surface area (Å²) in [5.41, 5.74) is 0.812. The lowest BCUT2D eigenvalue weighted by Gasteiger charge is -2.22. The number of nitrogens with one attached hydrogen (secondary N) is 1. The molecule has 7 nitrogen and oxygen atoms in total. The van der Waals surface area contributed by atoms with Crippen LogP contribution < -0.4 is 4.72 Å². The number of aromatic nitrogens is 2. The fraction of sp³-hybridized carbons (Fsp3) is 0.462. The maximum atomic E-state index is 12.5. The third-order valence-electron chi connectivity index (χ3n) is 3.74. The number of nitrogens with zero attached hydrogens (tertiary/aromatic N) is 3. The molecule has 1 saturated heterocycles. The second-order valence-corrected chi connectivity index (χ2v) is 6.76. The smallest absolute Gasteiger partial charge is 0.280 e. The molecule has 0 unspecified atom stereocenters. The standard InChI is InChI=1S/C13H18N4O3S/c1-16-11(6-7-14-16)10-15-21(18,19)17-8-2-4-12(17)13-5-3-9-20-13/h3,5-7,9,12,15H,2,4,8,10H2,1H3/t12-/m1/s1. The van der Waals surface area contributed by atoms with E-state index < -0.39 is 10.2 Å². The predicted octanol–water partition coefficient (Wildman–Crippen LogP) is 1.18. The Bertz CT molecular complexity index is 693. The summed E-state index contributed by atoms with van der Waals surface area (Å²) in [5.74, 6) is 0.693. The molecule has 1 fully saturated rings. The number of hydrogen-bond donors (Lipinski definition) is 1. The highest BCUT2D eigenvalue weighted by Gasteiger charge is 2.36. The van der Waals surface area contributed by atoms with Crippen molar-refractivity contribution >= 4 is 10.2 Å². The van der Waals surface area contributed by atoms with Gasteiger partial charge in [-0.15, -0.1) is 0 Å². The number of hydrogen-bond acceptors (Lipinski definition) is 4. The SMILES string of the molecule is Cn1nccc1CNS(=O)(=O)N1CCC[C@@H]1c1ccco1. The summed E-state index contributed by atoms with van der Waals surface area (Å²) in [6.07, 6.45) is 4.82. The second kappa shape index (κ2) is 5.63. The van der Waals surface area contributed by atoms with Crippen LogP contribution in [0.3, 0.4) is 0 Å². The van der Waals surface area contributed by atoms with Crippen LogP contribution in [0, 0.1) is 0 Å². The summed E-state index contributed by atoms with van der Waals surface area (Å²) in [7, 11) is -1.76. The third kappa shape index (κ3) is 2.87. The van der Waals surface area contributed by atoms with Gasteiger partial charge in [-0.05, 0) is 31.0 Å². The summed E-state index contributed by atoms with van der Waals surface area (Å²) in [6.45, 7) is 0.728.